The Bertz CT molecular complexity index is 968. The molecule has 0 amide bonds. The number of hydrogen-bond acceptors (Lipinski definition) is 6. The van der Waals surface area contributed by atoms with Crippen LogP contribution in [0, 0.1) is 5.82 Å². The number of phenolic OH excluding ortho intramolecular Hbond substituents is 1. The van der Waals surface area contributed by atoms with Gasteiger partial charge in [0.05, 0.1) is 16.8 Å². The van der Waals surface area contributed by atoms with Gasteiger partial charge in [0.2, 0.25) is 0 Å². The van der Waals surface area contributed by atoms with Crippen molar-refractivity contribution >= 4 is 26.7 Å². The third-order valence-electron chi connectivity index (χ3n) is 5.70. The fraction of sp³-hybridized carbons (Fsp3) is 0.435. The Hall–Kier alpha value is -2.38. The number of piperidine rings is 1. The first-order chi connectivity index (χ1) is 14.6. The van der Waals surface area contributed by atoms with E-state index in [4.69, 9.17) is 9.72 Å². The molecule has 3 aromatic rings. The second-order valence-electron chi connectivity index (χ2n) is 7.78. The van der Waals surface area contributed by atoms with Gasteiger partial charge in [-0.15, -0.1) is 0 Å². The highest BCUT2D eigenvalue weighted by Crippen LogP contribution is 2.38. The minimum absolute atomic E-state index is 0.241. The summed E-state index contributed by atoms with van der Waals surface area (Å²) in [5.41, 5.74) is 2.20. The number of benzene rings is 2. The van der Waals surface area contributed by atoms with Gasteiger partial charge >= 0.3 is 0 Å². The summed E-state index contributed by atoms with van der Waals surface area (Å²) in [5, 5.41) is 14.2. The van der Waals surface area contributed by atoms with Crippen molar-refractivity contribution in [3.05, 3.63) is 47.8 Å². The third kappa shape index (κ3) is 5.02. The maximum absolute atomic E-state index is 12.9. The van der Waals surface area contributed by atoms with Crippen LogP contribution in [0.15, 0.2) is 36.4 Å². The SMILES string of the molecule is CNc1nc2c(C3CCN(CCCCOc4ccc(F)cc4)CC3)cc(O)cc2s1. The Morgan fingerprint density at radius 2 is 1.97 bits per heavy atom. The van der Waals surface area contributed by atoms with Crippen molar-refractivity contribution in [3.8, 4) is 11.5 Å². The predicted molar refractivity (Wildman–Crippen MR) is 120 cm³/mol. The molecular formula is C23H28FN3O2S. The van der Waals surface area contributed by atoms with Crippen LogP contribution < -0.4 is 10.1 Å². The molecule has 0 spiro atoms. The Balaban J connectivity index is 1.24. The Labute approximate surface area is 180 Å². The topological polar surface area (TPSA) is 57.6 Å². The summed E-state index contributed by atoms with van der Waals surface area (Å²) in [6, 6.07) is 9.88. The summed E-state index contributed by atoms with van der Waals surface area (Å²) in [4.78, 5) is 7.22. The zero-order valence-corrected chi connectivity index (χ0v) is 18.1. The average molecular weight is 430 g/mol. The molecule has 0 bridgehead atoms. The van der Waals surface area contributed by atoms with E-state index < -0.39 is 0 Å². The number of aromatic hydroxyl groups is 1. The highest BCUT2D eigenvalue weighted by atomic mass is 32.1. The first-order valence-corrected chi connectivity index (χ1v) is 11.4. The first-order valence-electron chi connectivity index (χ1n) is 10.5. The van der Waals surface area contributed by atoms with Gasteiger partial charge in [0.15, 0.2) is 5.13 Å². The number of halogens is 1. The van der Waals surface area contributed by atoms with E-state index in [0.717, 1.165) is 66.4 Å². The zero-order chi connectivity index (χ0) is 20.9. The molecule has 0 saturated carbocycles. The smallest absolute Gasteiger partial charge is 0.183 e. The highest BCUT2D eigenvalue weighted by Gasteiger charge is 2.23. The van der Waals surface area contributed by atoms with Gasteiger partial charge in [-0.05, 0) is 93.2 Å². The number of phenols is 1. The summed E-state index contributed by atoms with van der Waals surface area (Å²) in [7, 11) is 1.88. The van der Waals surface area contributed by atoms with Crippen molar-refractivity contribution in [2.24, 2.45) is 0 Å². The van der Waals surface area contributed by atoms with Gasteiger partial charge in [0, 0.05) is 7.05 Å². The maximum atomic E-state index is 12.9. The van der Waals surface area contributed by atoms with Crippen LogP contribution in [-0.4, -0.2) is 48.3 Å². The molecule has 2 heterocycles. The van der Waals surface area contributed by atoms with Crippen LogP contribution in [0.4, 0.5) is 9.52 Å². The van der Waals surface area contributed by atoms with Gasteiger partial charge in [0.25, 0.3) is 0 Å². The summed E-state index contributed by atoms with van der Waals surface area (Å²) in [5.74, 6) is 1.24. The minimum atomic E-state index is -0.241. The molecule has 1 aliphatic heterocycles. The molecule has 0 radical (unpaired) electrons. The molecule has 1 aromatic heterocycles. The van der Waals surface area contributed by atoms with Crippen LogP contribution in [0.1, 0.15) is 37.2 Å². The second-order valence-corrected chi connectivity index (χ2v) is 8.81. The van der Waals surface area contributed by atoms with Crippen molar-refractivity contribution in [1.82, 2.24) is 9.88 Å². The quantitative estimate of drug-likeness (QED) is 0.481. The molecule has 2 aromatic carbocycles. The zero-order valence-electron chi connectivity index (χ0n) is 17.2. The average Bonchev–Trinajstić information content (AvgIpc) is 3.18. The maximum Gasteiger partial charge on any atom is 0.183 e. The molecule has 160 valence electrons. The number of nitrogens with zero attached hydrogens (tertiary/aromatic N) is 2. The van der Waals surface area contributed by atoms with Crippen LogP contribution in [0.25, 0.3) is 10.2 Å². The number of fused-ring (bicyclic) bond motifs is 1. The minimum Gasteiger partial charge on any atom is -0.508 e. The van der Waals surface area contributed by atoms with Gasteiger partial charge in [-0.3, -0.25) is 0 Å². The number of ether oxygens (including phenoxy) is 1. The van der Waals surface area contributed by atoms with E-state index >= 15 is 0 Å². The molecule has 5 nitrogen and oxygen atoms in total. The van der Waals surface area contributed by atoms with E-state index in [9.17, 15) is 9.50 Å². The third-order valence-corrected chi connectivity index (χ3v) is 6.72. The lowest BCUT2D eigenvalue weighted by Gasteiger charge is -2.32. The normalized spacial score (nSPS) is 15.5. The fourth-order valence-electron chi connectivity index (χ4n) is 4.08. The molecule has 30 heavy (non-hydrogen) atoms. The molecule has 1 aliphatic rings. The van der Waals surface area contributed by atoms with E-state index in [1.165, 1.54) is 17.7 Å². The summed E-state index contributed by atoms with van der Waals surface area (Å²) >= 11 is 1.58. The Morgan fingerprint density at radius 1 is 1.20 bits per heavy atom. The molecule has 4 rings (SSSR count). The van der Waals surface area contributed by atoms with Gasteiger partial charge in [0.1, 0.15) is 17.3 Å². The molecule has 2 N–H and O–H groups in total. The predicted octanol–water partition coefficient (Wildman–Crippen LogP) is 5.22. The van der Waals surface area contributed by atoms with Crippen LogP contribution in [0.2, 0.25) is 0 Å². The number of unbranched alkanes of at least 4 members (excludes halogenated alkanes) is 1. The van der Waals surface area contributed by atoms with Crippen molar-refractivity contribution in [2.45, 2.75) is 31.6 Å². The molecular weight excluding hydrogens is 401 g/mol. The highest BCUT2D eigenvalue weighted by molar-refractivity contribution is 7.22. The van der Waals surface area contributed by atoms with Gasteiger partial charge in [-0.1, -0.05) is 11.3 Å². The molecule has 0 atom stereocenters. The van der Waals surface area contributed by atoms with Gasteiger partial charge in [-0.2, -0.15) is 0 Å². The van der Waals surface area contributed by atoms with Crippen molar-refractivity contribution in [1.29, 1.82) is 0 Å². The van der Waals surface area contributed by atoms with E-state index in [-0.39, 0.29) is 5.82 Å². The van der Waals surface area contributed by atoms with Gasteiger partial charge < -0.3 is 20.1 Å². The van der Waals surface area contributed by atoms with E-state index in [2.05, 4.69) is 10.2 Å². The van der Waals surface area contributed by atoms with Crippen LogP contribution in [-0.2, 0) is 0 Å². The van der Waals surface area contributed by atoms with E-state index in [1.807, 2.05) is 13.1 Å². The molecule has 1 saturated heterocycles. The van der Waals surface area contributed by atoms with Crippen LogP contribution in [0.3, 0.4) is 0 Å². The van der Waals surface area contributed by atoms with Gasteiger partial charge in [-0.25, -0.2) is 9.37 Å². The number of rotatable bonds is 8. The number of thiazole rings is 1. The Kier molecular flexibility index (Phi) is 6.69. The van der Waals surface area contributed by atoms with Crippen molar-refractivity contribution in [2.75, 3.05) is 38.6 Å². The second kappa shape index (κ2) is 9.62. The fourth-order valence-corrected chi connectivity index (χ4v) is 4.97. The van der Waals surface area contributed by atoms with E-state index in [1.54, 1.807) is 29.5 Å². The van der Waals surface area contributed by atoms with Crippen molar-refractivity contribution in [3.63, 3.8) is 0 Å². The van der Waals surface area contributed by atoms with Crippen molar-refractivity contribution < 1.29 is 14.2 Å². The number of nitrogens with one attached hydrogen (secondary N) is 1. The number of likely N-dealkylation sites (tertiary alicyclic amines) is 1. The van der Waals surface area contributed by atoms with Crippen LogP contribution >= 0.6 is 11.3 Å². The first kappa shape index (κ1) is 20.9. The number of anilines is 1. The standard InChI is InChI=1S/C23H28FN3O2S/c1-25-23-26-22-20(14-18(28)15-21(22)30-23)16-8-11-27(12-9-16)10-2-3-13-29-19-6-4-17(24)5-7-19/h4-7,14-16,28H,2-3,8-13H2,1H3,(H,25,26). The molecule has 0 unspecified atom stereocenters. The lowest BCUT2D eigenvalue weighted by Crippen LogP contribution is -2.33. The lowest BCUT2D eigenvalue weighted by molar-refractivity contribution is 0.202. The summed E-state index contributed by atoms with van der Waals surface area (Å²) in [6.07, 6.45) is 4.23. The lowest BCUT2D eigenvalue weighted by atomic mass is 9.88. The molecule has 7 heteroatoms. The monoisotopic (exact) mass is 429 g/mol. The number of aromatic nitrogens is 1. The van der Waals surface area contributed by atoms with E-state index in [0.29, 0.717) is 18.3 Å². The molecule has 1 fully saturated rings. The van der Waals surface area contributed by atoms with Crippen LogP contribution in [0.5, 0.6) is 11.5 Å². The molecule has 0 aliphatic carbocycles. The largest absolute Gasteiger partial charge is 0.508 e. The summed E-state index contributed by atoms with van der Waals surface area (Å²) < 4.78 is 19.6. The Morgan fingerprint density at radius 3 is 2.70 bits per heavy atom. The summed E-state index contributed by atoms with van der Waals surface area (Å²) in [6.45, 7) is 3.84. The number of hydrogen-bond donors (Lipinski definition) is 2.